The molecule has 0 saturated heterocycles. The van der Waals surface area contributed by atoms with E-state index in [9.17, 15) is 0 Å². The molecule has 1 aromatic heterocycles. The Kier molecular flexibility index (Phi) is 2.30. The van der Waals surface area contributed by atoms with Gasteiger partial charge in [-0.1, -0.05) is 23.7 Å². The van der Waals surface area contributed by atoms with E-state index in [0.717, 1.165) is 5.39 Å². The van der Waals surface area contributed by atoms with Gasteiger partial charge in [-0.2, -0.15) is 5.26 Å². The van der Waals surface area contributed by atoms with Crippen LogP contribution in [0.1, 0.15) is 5.76 Å². The average molecular weight is 208 g/mol. The Bertz CT molecular complexity index is 498. The van der Waals surface area contributed by atoms with E-state index in [1.54, 1.807) is 6.07 Å². The molecule has 0 unspecified atom stereocenters. The quantitative estimate of drug-likeness (QED) is 0.712. The van der Waals surface area contributed by atoms with Gasteiger partial charge in [-0.3, -0.25) is 0 Å². The van der Waals surface area contributed by atoms with Crippen LogP contribution >= 0.6 is 11.6 Å². The second-order valence-corrected chi connectivity index (χ2v) is 2.84. The van der Waals surface area contributed by atoms with E-state index in [2.05, 4.69) is 0 Å². The van der Waals surface area contributed by atoms with Gasteiger partial charge in [-0.25, -0.2) is 0 Å². The highest BCUT2D eigenvalue weighted by atomic mass is 35.5. The standard InChI is InChI=1S/C10H6ClNO2/c11-6-13-10-7-3-1-2-4-8(7)14-9(10)5-12/h1-4H,6H2. The van der Waals surface area contributed by atoms with Crippen molar-refractivity contribution in [3.05, 3.63) is 30.0 Å². The summed E-state index contributed by atoms with van der Waals surface area (Å²) in [6, 6.07) is 9.19. The third-order valence-corrected chi connectivity index (χ3v) is 1.96. The number of nitrogens with zero attached hydrogens (tertiary/aromatic N) is 1. The largest absolute Gasteiger partial charge is 0.472 e. The predicted molar refractivity (Wildman–Crippen MR) is 52.3 cm³/mol. The van der Waals surface area contributed by atoms with Crippen LogP contribution in [0, 0.1) is 11.3 Å². The molecular formula is C10H6ClNO2. The van der Waals surface area contributed by atoms with E-state index in [1.165, 1.54) is 0 Å². The number of ether oxygens (including phenoxy) is 1. The lowest BCUT2D eigenvalue weighted by molar-refractivity contribution is 0.382. The molecule has 0 aliphatic heterocycles. The van der Waals surface area contributed by atoms with Gasteiger partial charge in [-0.05, 0) is 12.1 Å². The molecule has 0 radical (unpaired) electrons. The highest BCUT2D eigenvalue weighted by Crippen LogP contribution is 2.32. The Balaban J connectivity index is 2.69. The molecule has 0 bridgehead atoms. The maximum atomic E-state index is 8.78. The van der Waals surface area contributed by atoms with Gasteiger partial charge in [0.2, 0.25) is 5.76 Å². The summed E-state index contributed by atoms with van der Waals surface area (Å²) >= 11 is 5.45. The van der Waals surface area contributed by atoms with Gasteiger partial charge >= 0.3 is 0 Å². The normalized spacial score (nSPS) is 10.0. The lowest BCUT2D eigenvalue weighted by Crippen LogP contribution is -1.89. The van der Waals surface area contributed by atoms with E-state index in [4.69, 9.17) is 26.0 Å². The summed E-state index contributed by atoms with van der Waals surface area (Å²) < 4.78 is 10.4. The van der Waals surface area contributed by atoms with Gasteiger partial charge in [0.05, 0.1) is 5.39 Å². The topological polar surface area (TPSA) is 46.2 Å². The first kappa shape index (κ1) is 8.92. The van der Waals surface area contributed by atoms with Crippen molar-refractivity contribution in [1.82, 2.24) is 0 Å². The van der Waals surface area contributed by atoms with Crippen LogP contribution in [0.2, 0.25) is 0 Å². The van der Waals surface area contributed by atoms with Crippen molar-refractivity contribution in [3.63, 3.8) is 0 Å². The van der Waals surface area contributed by atoms with E-state index < -0.39 is 0 Å². The van der Waals surface area contributed by atoms with Crippen molar-refractivity contribution < 1.29 is 9.15 Å². The number of benzene rings is 1. The molecule has 2 rings (SSSR count). The van der Waals surface area contributed by atoms with E-state index in [1.807, 2.05) is 24.3 Å². The highest BCUT2D eigenvalue weighted by Gasteiger charge is 2.13. The van der Waals surface area contributed by atoms with Crippen LogP contribution in [-0.2, 0) is 0 Å². The number of para-hydroxylation sites is 1. The second kappa shape index (κ2) is 3.60. The Morgan fingerprint density at radius 3 is 2.93 bits per heavy atom. The van der Waals surface area contributed by atoms with Crippen molar-refractivity contribution in [2.45, 2.75) is 0 Å². The van der Waals surface area contributed by atoms with Crippen LogP contribution in [0.4, 0.5) is 0 Å². The number of halogens is 1. The molecule has 0 amide bonds. The van der Waals surface area contributed by atoms with Gasteiger partial charge in [0.15, 0.2) is 11.8 Å². The number of hydrogen-bond acceptors (Lipinski definition) is 3. The minimum atomic E-state index is -0.00178. The van der Waals surface area contributed by atoms with Gasteiger partial charge in [-0.15, -0.1) is 0 Å². The summed E-state index contributed by atoms with van der Waals surface area (Å²) in [5.74, 6) is 0.574. The zero-order valence-electron chi connectivity index (χ0n) is 7.16. The first-order valence-electron chi connectivity index (χ1n) is 3.97. The summed E-state index contributed by atoms with van der Waals surface area (Å²) in [4.78, 5) is 0. The van der Waals surface area contributed by atoms with Crippen molar-refractivity contribution in [3.8, 4) is 11.8 Å². The molecule has 0 aliphatic rings. The molecule has 1 heterocycles. The van der Waals surface area contributed by atoms with Crippen LogP contribution in [0.5, 0.6) is 5.75 Å². The first-order valence-corrected chi connectivity index (χ1v) is 4.50. The Labute approximate surface area is 85.4 Å². The molecule has 0 N–H and O–H groups in total. The Hall–Kier alpha value is -1.66. The zero-order chi connectivity index (χ0) is 9.97. The second-order valence-electron chi connectivity index (χ2n) is 2.62. The van der Waals surface area contributed by atoms with Crippen LogP contribution in [0.25, 0.3) is 11.0 Å². The molecule has 4 heteroatoms. The monoisotopic (exact) mass is 207 g/mol. The SMILES string of the molecule is N#Cc1oc2ccccc2c1OCCl. The van der Waals surface area contributed by atoms with Crippen molar-refractivity contribution in [2.75, 3.05) is 6.07 Å². The molecule has 2 aromatic rings. The van der Waals surface area contributed by atoms with Crippen LogP contribution < -0.4 is 4.74 Å². The molecule has 14 heavy (non-hydrogen) atoms. The molecule has 1 aromatic carbocycles. The molecule has 3 nitrogen and oxygen atoms in total. The van der Waals surface area contributed by atoms with E-state index in [0.29, 0.717) is 11.3 Å². The van der Waals surface area contributed by atoms with E-state index >= 15 is 0 Å². The molecule has 0 fully saturated rings. The summed E-state index contributed by atoms with van der Waals surface area (Å²) in [6.45, 7) is 0. The molecule has 0 aliphatic carbocycles. The average Bonchev–Trinajstić information content (AvgIpc) is 2.58. The maximum absolute atomic E-state index is 8.78. The summed E-state index contributed by atoms with van der Waals surface area (Å²) in [6.07, 6.45) is 0. The number of alkyl halides is 1. The molecule has 0 spiro atoms. The minimum absolute atomic E-state index is 0.00178. The molecule has 70 valence electrons. The third kappa shape index (κ3) is 1.30. The number of hydrogen-bond donors (Lipinski definition) is 0. The predicted octanol–water partition coefficient (Wildman–Crippen LogP) is 2.88. The van der Waals surface area contributed by atoms with Gasteiger partial charge < -0.3 is 9.15 Å². The molecule has 0 atom stereocenters. The summed E-state index contributed by atoms with van der Waals surface area (Å²) in [5.41, 5.74) is 0.629. The lowest BCUT2D eigenvalue weighted by atomic mass is 10.2. The van der Waals surface area contributed by atoms with Crippen molar-refractivity contribution in [2.24, 2.45) is 0 Å². The minimum Gasteiger partial charge on any atom is -0.472 e. The van der Waals surface area contributed by atoms with Crippen LogP contribution in [0.15, 0.2) is 28.7 Å². The third-order valence-electron chi connectivity index (χ3n) is 1.85. The van der Waals surface area contributed by atoms with E-state index in [-0.39, 0.29) is 11.8 Å². The van der Waals surface area contributed by atoms with Crippen molar-refractivity contribution >= 4 is 22.6 Å². The first-order chi connectivity index (χ1) is 6.86. The molecular weight excluding hydrogens is 202 g/mol. The Morgan fingerprint density at radius 1 is 1.43 bits per heavy atom. The number of furan rings is 1. The smallest absolute Gasteiger partial charge is 0.246 e. The van der Waals surface area contributed by atoms with Crippen molar-refractivity contribution in [1.29, 1.82) is 5.26 Å². The van der Waals surface area contributed by atoms with Crippen LogP contribution in [0.3, 0.4) is 0 Å². The Morgan fingerprint density at radius 2 is 2.21 bits per heavy atom. The number of nitriles is 1. The fraction of sp³-hybridized carbons (Fsp3) is 0.100. The van der Waals surface area contributed by atoms with Gasteiger partial charge in [0.1, 0.15) is 11.7 Å². The summed E-state index contributed by atoms with van der Waals surface area (Å²) in [7, 11) is 0. The van der Waals surface area contributed by atoms with Crippen LogP contribution in [-0.4, -0.2) is 6.07 Å². The number of fused-ring (bicyclic) bond motifs is 1. The highest BCUT2D eigenvalue weighted by molar-refractivity contribution is 6.17. The number of rotatable bonds is 2. The lowest BCUT2D eigenvalue weighted by Gasteiger charge is -1.97. The fourth-order valence-corrected chi connectivity index (χ4v) is 1.40. The van der Waals surface area contributed by atoms with Gasteiger partial charge in [0, 0.05) is 0 Å². The molecule has 0 saturated carbocycles. The fourth-order valence-electron chi connectivity index (χ4n) is 1.29. The summed E-state index contributed by atoms with van der Waals surface area (Å²) in [5, 5.41) is 9.55. The van der Waals surface area contributed by atoms with Gasteiger partial charge in [0.25, 0.3) is 0 Å². The zero-order valence-corrected chi connectivity index (χ0v) is 7.91. The maximum Gasteiger partial charge on any atom is 0.246 e.